The predicted octanol–water partition coefficient (Wildman–Crippen LogP) is 3.51. The number of halogens is 2. The van der Waals surface area contributed by atoms with Crippen LogP contribution in [0.4, 0.5) is 4.39 Å². The van der Waals surface area contributed by atoms with Crippen molar-refractivity contribution in [3.8, 4) is 0 Å². The molecule has 0 radical (unpaired) electrons. The molecular formula is C15H14ClFN2O2. The third kappa shape index (κ3) is 3.55. The van der Waals surface area contributed by atoms with E-state index in [1.54, 1.807) is 12.1 Å². The Kier molecular flexibility index (Phi) is 4.85. The maximum Gasteiger partial charge on any atom is 0.339 e. The molecule has 2 aromatic rings. The van der Waals surface area contributed by atoms with Crippen molar-refractivity contribution in [1.82, 2.24) is 9.97 Å². The van der Waals surface area contributed by atoms with Crippen LogP contribution in [0.5, 0.6) is 0 Å². The van der Waals surface area contributed by atoms with Gasteiger partial charge in [0.2, 0.25) is 0 Å². The number of carboxylic acids is 1. The lowest BCUT2D eigenvalue weighted by Gasteiger charge is -2.08. The van der Waals surface area contributed by atoms with Crippen molar-refractivity contribution < 1.29 is 14.3 Å². The Morgan fingerprint density at radius 2 is 2.19 bits per heavy atom. The van der Waals surface area contributed by atoms with Crippen molar-refractivity contribution in [3.05, 3.63) is 57.9 Å². The lowest BCUT2D eigenvalue weighted by molar-refractivity contribution is 0.0694. The Hall–Kier alpha value is -2.01. The Bertz CT molecular complexity index is 677. The minimum atomic E-state index is -1.06. The molecule has 1 aromatic heterocycles. The molecule has 0 unspecified atom stereocenters. The van der Waals surface area contributed by atoms with Gasteiger partial charge >= 0.3 is 5.97 Å². The van der Waals surface area contributed by atoms with Crippen molar-refractivity contribution in [2.24, 2.45) is 0 Å². The normalized spacial score (nSPS) is 10.6. The predicted molar refractivity (Wildman–Crippen MR) is 77.2 cm³/mol. The molecule has 1 heterocycles. The lowest BCUT2D eigenvalue weighted by atomic mass is 10.1. The third-order valence-corrected chi connectivity index (χ3v) is 3.31. The Balaban J connectivity index is 2.34. The first-order valence-corrected chi connectivity index (χ1v) is 6.91. The van der Waals surface area contributed by atoms with Gasteiger partial charge in [-0.3, -0.25) is 0 Å². The number of carboxylic acid groups (broad SMARTS) is 1. The van der Waals surface area contributed by atoms with Gasteiger partial charge in [-0.25, -0.2) is 19.2 Å². The van der Waals surface area contributed by atoms with Gasteiger partial charge in [0.1, 0.15) is 11.6 Å². The van der Waals surface area contributed by atoms with Crippen LogP contribution in [0.15, 0.2) is 24.4 Å². The minimum absolute atomic E-state index is 0.0448. The fourth-order valence-corrected chi connectivity index (χ4v) is 2.20. The number of aryl methyl sites for hydroxylation is 1. The van der Waals surface area contributed by atoms with Crippen LogP contribution in [0.3, 0.4) is 0 Å². The summed E-state index contributed by atoms with van der Waals surface area (Å²) in [5.41, 5.74) is 0.942. The highest BCUT2D eigenvalue weighted by atomic mass is 35.5. The van der Waals surface area contributed by atoms with Crippen molar-refractivity contribution in [1.29, 1.82) is 0 Å². The number of aromatic carboxylic acids is 1. The highest BCUT2D eigenvalue weighted by Gasteiger charge is 2.14. The molecule has 1 N–H and O–H groups in total. The maximum absolute atomic E-state index is 13.9. The second-order valence-electron chi connectivity index (χ2n) is 4.59. The first-order valence-electron chi connectivity index (χ1n) is 6.54. The number of benzene rings is 1. The standard InChI is InChI=1S/C15H14ClFN2O2/c1-2-4-12-10(15(20)21)8-18-13(19-12)7-9-5-3-6-11(16)14(9)17/h3,5-6,8H,2,4,7H2,1H3,(H,20,21). The molecule has 0 atom stereocenters. The minimum Gasteiger partial charge on any atom is -0.478 e. The summed E-state index contributed by atoms with van der Waals surface area (Å²) >= 11 is 5.73. The van der Waals surface area contributed by atoms with Gasteiger partial charge in [-0.05, 0) is 18.1 Å². The first kappa shape index (κ1) is 15.4. The van der Waals surface area contributed by atoms with Crippen molar-refractivity contribution in [2.75, 3.05) is 0 Å². The molecule has 1 aromatic carbocycles. The fraction of sp³-hybridized carbons (Fsp3) is 0.267. The molecule has 0 spiro atoms. The van der Waals surface area contributed by atoms with E-state index in [-0.39, 0.29) is 17.0 Å². The van der Waals surface area contributed by atoms with Gasteiger partial charge in [0.05, 0.1) is 16.3 Å². The average molecular weight is 309 g/mol. The summed E-state index contributed by atoms with van der Waals surface area (Å²) in [6.45, 7) is 1.93. The van der Waals surface area contributed by atoms with Crippen LogP contribution < -0.4 is 0 Å². The SMILES string of the molecule is CCCc1nc(Cc2cccc(Cl)c2F)ncc1C(=O)O. The summed E-state index contributed by atoms with van der Waals surface area (Å²) < 4.78 is 13.9. The topological polar surface area (TPSA) is 63.1 Å². The molecular weight excluding hydrogens is 295 g/mol. The highest BCUT2D eigenvalue weighted by molar-refractivity contribution is 6.30. The van der Waals surface area contributed by atoms with Gasteiger partial charge < -0.3 is 5.11 Å². The molecule has 0 fully saturated rings. The second kappa shape index (κ2) is 6.63. The second-order valence-corrected chi connectivity index (χ2v) is 5.00. The van der Waals surface area contributed by atoms with E-state index in [4.69, 9.17) is 16.7 Å². The van der Waals surface area contributed by atoms with E-state index < -0.39 is 11.8 Å². The van der Waals surface area contributed by atoms with Gasteiger partial charge in [-0.1, -0.05) is 37.1 Å². The van der Waals surface area contributed by atoms with Gasteiger partial charge in [0.25, 0.3) is 0 Å². The summed E-state index contributed by atoms with van der Waals surface area (Å²) in [5, 5.41) is 9.14. The number of hydrogen-bond acceptors (Lipinski definition) is 3. The Morgan fingerprint density at radius 3 is 2.86 bits per heavy atom. The molecule has 0 saturated heterocycles. The molecule has 0 aliphatic rings. The van der Waals surface area contributed by atoms with E-state index in [1.807, 2.05) is 6.92 Å². The maximum atomic E-state index is 13.9. The van der Waals surface area contributed by atoms with Crippen molar-refractivity contribution in [2.45, 2.75) is 26.2 Å². The van der Waals surface area contributed by atoms with Crippen LogP contribution in [0.1, 0.15) is 40.8 Å². The first-order chi connectivity index (χ1) is 10.0. The van der Waals surface area contributed by atoms with E-state index in [2.05, 4.69) is 9.97 Å². The van der Waals surface area contributed by atoms with Crippen LogP contribution in [0.25, 0.3) is 0 Å². The zero-order valence-electron chi connectivity index (χ0n) is 11.4. The van der Waals surface area contributed by atoms with Crippen molar-refractivity contribution in [3.63, 3.8) is 0 Å². The largest absolute Gasteiger partial charge is 0.478 e. The summed E-state index contributed by atoms with van der Waals surface area (Å²) in [4.78, 5) is 19.4. The molecule has 2 rings (SSSR count). The smallest absolute Gasteiger partial charge is 0.339 e. The van der Waals surface area contributed by atoms with E-state index >= 15 is 0 Å². The molecule has 0 saturated carbocycles. The molecule has 0 amide bonds. The molecule has 0 aliphatic heterocycles. The van der Waals surface area contributed by atoms with Crippen molar-refractivity contribution >= 4 is 17.6 Å². The van der Waals surface area contributed by atoms with Crippen LogP contribution in [-0.2, 0) is 12.8 Å². The fourth-order valence-electron chi connectivity index (χ4n) is 2.00. The van der Waals surface area contributed by atoms with E-state index in [9.17, 15) is 9.18 Å². The summed E-state index contributed by atoms with van der Waals surface area (Å²) in [5.74, 6) is -1.18. The number of rotatable bonds is 5. The third-order valence-electron chi connectivity index (χ3n) is 3.01. The quantitative estimate of drug-likeness (QED) is 0.918. The van der Waals surface area contributed by atoms with Crippen LogP contribution >= 0.6 is 11.6 Å². The number of hydrogen-bond donors (Lipinski definition) is 1. The molecule has 21 heavy (non-hydrogen) atoms. The highest BCUT2D eigenvalue weighted by Crippen LogP contribution is 2.20. The van der Waals surface area contributed by atoms with Crippen LogP contribution in [0.2, 0.25) is 5.02 Å². The van der Waals surface area contributed by atoms with E-state index in [0.717, 1.165) is 6.42 Å². The van der Waals surface area contributed by atoms with E-state index in [0.29, 0.717) is 23.5 Å². The Labute approximate surface area is 126 Å². The van der Waals surface area contributed by atoms with Crippen LogP contribution in [-0.4, -0.2) is 21.0 Å². The monoisotopic (exact) mass is 308 g/mol. The summed E-state index contributed by atoms with van der Waals surface area (Å²) in [7, 11) is 0. The lowest BCUT2D eigenvalue weighted by Crippen LogP contribution is -2.09. The number of nitrogens with zero attached hydrogens (tertiary/aromatic N) is 2. The zero-order valence-corrected chi connectivity index (χ0v) is 12.2. The molecule has 0 aliphatic carbocycles. The summed E-state index contributed by atoms with van der Waals surface area (Å²) in [6.07, 6.45) is 2.75. The van der Waals surface area contributed by atoms with Crippen LogP contribution in [0, 0.1) is 5.82 Å². The average Bonchev–Trinajstić information content (AvgIpc) is 2.44. The molecule has 0 bridgehead atoms. The number of carbonyl (C=O) groups is 1. The van der Waals surface area contributed by atoms with Gasteiger partial charge in [-0.15, -0.1) is 0 Å². The molecule has 4 nitrogen and oxygen atoms in total. The summed E-state index contributed by atoms with van der Waals surface area (Å²) in [6, 6.07) is 4.73. The molecule has 110 valence electrons. The molecule has 6 heteroatoms. The van der Waals surface area contributed by atoms with E-state index in [1.165, 1.54) is 12.3 Å². The number of aromatic nitrogens is 2. The van der Waals surface area contributed by atoms with Gasteiger partial charge in [-0.2, -0.15) is 0 Å². The zero-order chi connectivity index (χ0) is 15.4. The van der Waals surface area contributed by atoms with Gasteiger partial charge in [0, 0.05) is 12.6 Å². The van der Waals surface area contributed by atoms with Gasteiger partial charge in [0.15, 0.2) is 0 Å². The Morgan fingerprint density at radius 1 is 1.43 bits per heavy atom.